The maximum atomic E-state index is 12.4. The zero-order chi connectivity index (χ0) is 15.5. The van der Waals surface area contributed by atoms with Crippen molar-refractivity contribution in [3.63, 3.8) is 0 Å². The number of aromatic amines is 1. The number of hydrogen-bond acceptors (Lipinski definition) is 5. The monoisotopic (exact) mass is 368 g/mol. The summed E-state index contributed by atoms with van der Waals surface area (Å²) in [5.41, 5.74) is 5.66. The standard InChI is InChI=1S/C12H20N4O3S2.ClH/c1-9(7-13)15-12(17)11-6-10(8-14-11)21(18,19)16-2-4-20-5-3-16;/h6,8-9,14H,2-5,7,13H2,1H3,(H,15,17);1H/t9-;/m0./s1. The number of nitrogens with zero attached hydrogens (tertiary/aromatic N) is 1. The molecule has 0 aromatic carbocycles. The number of amides is 1. The summed E-state index contributed by atoms with van der Waals surface area (Å²) in [5, 5.41) is 2.68. The van der Waals surface area contributed by atoms with E-state index < -0.39 is 10.0 Å². The number of carbonyl (C=O) groups is 1. The van der Waals surface area contributed by atoms with Gasteiger partial charge in [0.1, 0.15) is 10.6 Å². The number of rotatable bonds is 5. The van der Waals surface area contributed by atoms with E-state index in [-0.39, 0.29) is 34.9 Å². The molecule has 10 heteroatoms. The molecule has 22 heavy (non-hydrogen) atoms. The number of thioether (sulfide) groups is 1. The van der Waals surface area contributed by atoms with Gasteiger partial charge in [-0.2, -0.15) is 16.1 Å². The number of sulfonamides is 1. The van der Waals surface area contributed by atoms with Crippen LogP contribution in [-0.4, -0.2) is 60.8 Å². The third-order valence-electron chi connectivity index (χ3n) is 3.24. The van der Waals surface area contributed by atoms with Crippen molar-refractivity contribution in [3.8, 4) is 0 Å². The van der Waals surface area contributed by atoms with Gasteiger partial charge in [-0.05, 0) is 13.0 Å². The minimum atomic E-state index is -3.52. The number of carbonyl (C=O) groups excluding carboxylic acids is 1. The van der Waals surface area contributed by atoms with Crippen LogP contribution in [0.1, 0.15) is 17.4 Å². The lowest BCUT2D eigenvalue weighted by Crippen LogP contribution is -2.38. The molecule has 1 aliphatic heterocycles. The Morgan fingerprint density at radius 1 is 1.50 bits per heavy atom. The highest BCUT2D eigenvalue weighted by molar-refractivity contribution is 7.99. The quantitative estimate of drug-likeness (QED) is 0.690. The van der Waals surface area contributed by atoms with Crippen molar-refractivity contribution in [1.29, 1.82) is 0 Å². The molecule has 4 N–H and O–H groups in total. The van der Waals surface area contributed by atoms with E-state index in [0.29, 0.717) is 19.6 Å². The predicted octanol–water partition coefficient (Wildman–Crippen LogP) is 0.251. The number of hydrogen-bond donors (Lipinski definition) is 3. The Morgan fingerprint density at radius 2 is 2.14 bits per heavy atom. The van der Waals surface area contributed by atoms with Crippen LogP contribution in [0.5, 0.6) is 0 Å². The van der Waals surface area contributed by atoms with E-state index in [1.807, 2.05) is 0 Å². The fourth-order valence-electron chi connectivity index (χ4n) is 1.95. The number of nitrogens with two attached hydrogens (primary N) is 1. The van der Waals surface area contributed by atoms with E-state index in [1.165, 1.54) is 16.6 Å². The largest absolute Gasteiger partial charge is 0.356 e. The van der Waals surface area contributed by atoms with Crippen molar-refractivity contribution in [2.24, 2.45) is 5.73 Å². The van der Waals surface area contributed by atoms with Crippen molar-refractivity contribution in [3.05, 3.63) is 18.0 Å². The van der Waals surface area contributed by atoms with Crippen LogP contribution in [0.3, 0.4) is 0 Å². The Bertz CT molecular complexity index is 599. The molecule has 0 unspecified atom stereocenters. The van der Waals surface area contributed by atoms with Gasteiger partial charge in [-0.3, -0.25) is 4.79 Å². The molecule has 1 fully saturated rings. The fraction of sp³-hybridized carbons (Fsp3) is 0.583. The van der Waals surface area contributed by atoms with E-state index in [4.69, 9.17) is 5.73 Å². The summed E-state index contributed by atoms with van der Waals surface area (Å²) in [6.07, 6.45) is 1.36. The van der Waals surface area contributed by atoms with Crippen molar-refractivity contribution < 1.29 is 13.2 Å². The summed E-state index contributed by atoms with van der Waals surface area (Å²) in [6, 6.07) is 1.20. The average molecular weight is 369 g/mol. The van der Waals surface area contributed by atoms with E-state index in [1.54, 1.807) is 18.7 Å². The Hall–Kier alpha value is -0.740. The van der Waals surface area contributed by atoms with Crippen molar-refractivity contribution in [1.82, 2.24) is 14.6 Å². The highest BCUT2D eigenvalue weighted by Gasteiger charge is 2.27. The molecule has 1 atom stereocenters. The van der Waals surface area contributed by atoms with Crippen LogP contribution in [0, 0.1) is 0 Å². The Kier molecular flexibility index (Phi) is 7.20. The molecular formula is C12H21ClN4O3S2. The van der Waals surface area contributed by atoms with Gasteiger partial charge in [0, 0.05) is 43.4 Å². The van der Waals surface area contributed by atoms with Crippen LogP contribution in [0.2, 0.25) is 0 Å². The Morgan fingerprint density at radius 3 is 2.73 bits per heavy atom. The highest BCUT2D eigenvalue weighted by Crippen LogP contribution is 2.20. The first-order valence-corrected chi connectivity index (χ1v) is 9.32. The summed E-state index contributed by atoms with van der Waals surface area (Å²) in [4.78, 5) is 14.8. The normalized spacial score (nSPS) is 17.5. The number of halogens is 1. The van der Waals surface area contributed by atoms with Crippen LogP contribution in [0.25, 0.3) is 0 Å². The first-order chi connectivity index (χ1) is 9.95. The molecule has 0 bridgehead atoms. The SMILES string of the molecule is C[C@@H](CN)NC(=O)c1cc(S(=O)(=O)N2CCSCC2)c[nH]1.Cl. The zero-order valence-corrected chi connectivity index (χ0v) is 14.7. The Labute approximate surface area is 140 Å². The third kappa shape index (κ3) is 4.39. The second kappa shape index (κ2) is 8.21. The molecule has 0 radical (unpaired) electrons. The molecule has 0 spiro atoms. The van der Waals surface area contributed by atoms with Gasteiger partial charge >= 0.3 is 0 Å². The molecule has 1 amide bonds. The molecule has 1 aliphatic rings. The van der Waals surface area contributed by atoms with Gasteiger partial charge in [0.15, 0.2) is 0 Å². The molecule has 126 valence electrons. The van der Waals surface area contributed by atoms with Crippen molar-refractivity contribution in [2.75, 3.05) is 31.1 Å². The van der Waals surface area contributed by atoms with Crippen LogP contribution in [-0.2, 0) is 10.0 Å². The van der Waals surface area contributed by atoms with E-state index in [2.05, 4.69) is 10.3 Å². The van der Waals surface area contributed by atoms with Gasteiger partial charge in [-0.15, -0.1) is 12.4 Å². The summed E-state index contributed by atoms with van der Waals surface area (Å²) in [6.45, 7) is 3.11. The second-order valence-corrected chi connectivity index (χ2v) is 8.04. The topological polar surface area (TPSA) is 108 Å². The lowest BCUT2D eigenvalue weighted by Gasteiger charge is -2.24. The fourth-order valence-corrected chi connectivity index (χ4v) is 4.52. The lowest BCUT2D eigenvalue weighted by atomic mass is 10.3. The van der Waals surface area contributed by atoms with Gasteiger partial charge in [0.2, 0.25) is 10.0 Å². The summed E-state index contributed by atoms with van der Waals surface area (Å²) >= 11 is 1.74. The molecule has 2 rings (SSSR count). The smallest absolute Gasteiger partial charge is 0.267 e. The Balaban J connectivity index is 0.00000242. The third-order valence-corrected chi connectivity index (χ3v) is 6.06. The summed E-state index contributed by atoms with van der Waals surface area (Å²) in [7, 11) is -3.52. The summed E-state index contributed by atoms with van der Waals surface area (Å²) in [5.74, 6) is 1.24. The van der Waals surface area contributed by atoms with Gasteiger partial charge in [-0.25, -0.2) is 8.42 Å². The highest BCUT2D eigenvalue weighted by atomic mass is 35.5. The van der Waals surface area contributed by atoms with Crippen molar-refractivity contribution in [2.45, 2.75) is 17.9 Å². The molecule has 7 nitrogen and oxygen atoms in total. The molecule has 0 saturated carbocycles. The number of nitrogens with one attached hydrogen (secondary N) is 2. The summed E-state index contributed by atoms with van der Waals surface area (Å²) < 4.78 is 26.3. The van der Waals surface area contributed by atoms with Gasteiger partial charge in [0.05, 0.1) is 0 Å². The minimum absolute atomic E-state index is 0. The maximum Gasteiger partial charge on any atom is 0.267 e. The van der Waals surface area contributed by atoms with Gasteiger partial charge < -0.3 is 16.0 Å². The first-order valence-electron chi connectivity index (χ1n) is 6.72. The van der Waals surface area contributed by atoms with E-state index >= 15 is 0 Å². The van der Waals surface area contributed by atoms with Crippen LogP contribution >= 0.6 is 24.2 Å². The number of aromatic nitrogens is 1. The first kappa shape index (κ1) is 19.3. The molecule has 1 saturated heterocycles. The minimum Gasteiger partial charge on any atom is -0.356 e. The number of H-pyrrole nitrogens is 1. The maximum absolute atomic E-state index is 12.4. The predicted molar refractivity (Wildman–Crippen MR) is 90.1 cm³/mol. The van der Waals surface area contributed by atoms with Crippen molar-refractivity contribution >= 4 is 40.1 Å². The van der Waals surface area contributed by atoms with E-state index in [9.17, 15) is 13.2 Å². The molecule has 2 heterocycles. The zero-order valence-electron chi connectivity index (χ0n) is 12.2. The average Bonchev–Trinajstić information content (AvgIpc) is 2.98. The van der Waals surface area contributed by atoms with Crippen LogP contribution in [0.4, 0.5) is 0 Å². The van der Waals surface area contributed by atoms with Crippen LogP contribution < -0.4 is 11.1 Å². The molecular weight excluding hydrogens is 348 g/mol. The second-order valence-electron chi connectivity index (χ2n) is 4.88. The molecule has 1 aromatic heterocycles. The van der Waals surface area contributed by atoms with Gasteiger partial charge in [-0.1, -0.05) is 0 Å². The molecule has 1 aromatic rings. The lowest BCUT2D eigenvalue weighted by molar-refractivity contribution is 0.0937. The van der Waals surface area contributed by atoms with Crippen LogP contribution in [0.15, 0.2) is 17.2 Å². The van der Waals surface area contributed by atoms with E-state index in [0.717, 1.165) is 11.5 Å². The van der Waals surface area contributed by atoms with Gasteiger partial charge in [0.25, 0.3) is 5.91 Å². The molecule has 0 aliphatic carbocycles.